The second-order valence-electron chi connectivity index (χ2n) is 5.27. The average molecular weight is 318 g/mol. The molecule has 1 aromatic carbocycles. The second kappa shape index (κ2) is 5.83. The Morgan fingerprint density at radius 1 is 1.17 bits per heavy atom. The lowest BCUT2D eigenvalue weighted by Crippen LogP contribution is -2.14. The lowest BCUT2D eigenvalue weighted by molar-refractivity contribution is 0.0451. The number of rotatable bonds is 5. The zero-order chi connectivity index (χ0) is 16.6. The number of carbonyl (C=O) groups is 1. The van der Waals surface area contributed by atoms with Crippen molar-refractivity contribution in [3.63, 3.8) is 0 Å². The molecule has 1 aliphatic rings. The molecule has 0 unspecified atom stereocenters. The van der Waals surface area contributed by atoms with Gasteiger partial charge < -0.3 is 19.3 Å². The molecule has 0 bridgehead atoms. The Morgan fingerprint density at radius 3 is 2.61 bits per heavy atom. The van der Waals surface area contributed by atoms with Gasteiger partial charge in [0.05, 0.1) is 19.8 Å². The predicted octanol–water partition coefficient (Wildman–Crippen LogP) is 1.93. The van der Waals surface area contributed by atoms with E-state index in [-0.39, 0.29) is 5.56 Å². The Bertz CT molecular complexity index is 805. The van der Waals surface area contributed by atoms with Gasteiger partial charge in [-0.05, 0) is 12.5 Å². The van der Waals surface area contributed by atoms with Gasteiger partial charge in [0.15, 0.2) is 17.6 Å². The van der Waals surface area contributed by atoms with Gasteiger partial charge in [-0.15, -0.1) is 0 Å². The Balaban J connectivity index is 2.17. The molecule has 122 valence electrons. The van der Waals surface area contributed by atoms with Crippen LogP contribution in [0.2, 0.25) is 0 Å². The maximum absolute atomic E-state index is 12.3. The quantitative estimate of drug-likeness (QED) is 0.822. The first-order valence-electron chi connectivity index (χ1n) is 7.37. The number of aromatic nitrogens is 2. The molecule has 0 saturated heterocycles. The highest BCUT2D eigenvalue weighted by atomic mass is 16.6. The summed E-state index contributed by atoms with van der Waals surface area (Å²) in [4.78, 5) is 24.5. The van der Waals surface area contributed by atoms with E-state index in [1.807, 2.05) is 6.92 Å². The number of methoxy groups -OCH3 is 2. The molecule has 0 aliphatic carbocycles. The van der Waals surface area contributed by atoms with Gasteiger partial charge in [0.1, 0.15) is 5.56 Å². The molecule has 2 heterocycles. The minimum atomic E-state index is -0.742. The van der Waals surface area contributed by atoms with Crippen LogP contribution in [0.5, 0.6) is 11.5 Å². The molecular weight excluding hydrogens is 300 g/mol. The second-order valence-corrected chi connectivity index (χ2v) is 5.27. The summed E-state index contributed by atoms with van der Waals surface area (Å²) in [6.45, 7) is 2.01. The zero-order valence-electron chi connectivity index (χ0n) is 13.2. The Hall–Kier alpha value is -2.70. The van der Waals surface area contributed by atoms with Crippen molar-refractivity contribution in [1.82, 2.24) is 10.2 Å². The number of hydrogen-bond donors (Lipinski definition) is 2. The van der Waals surface area contributed by atoms with E-state index in [2.05, 4.69) is 10.2 Å². The molecule has 23 heavy (non-hydrogen) atoms. The van der Waals surface area contributed by atoms with Crippen LogP contribution in [0.3, 0.4) is 0 Å². The van der Waals surface area contributed by atoms with Crippen molar-refractivity contribution in [2.75, 3.05) is 14.2 Å². The number of cyclic esters (lactones) is 1. The summed E-state index contributed by atoms with van der Waals surface area (Å²) < 4.78 is 16.0. The van der Waals surface area contributed by atoms with Crippen LogP contribution in [0.15, 0.2) is 16.9 Å². The van der Waals surface area contributed by atoms with E-state index in [0.29, 0.717) is 34.6 Å². The summed E-state index contributed by atoms with van der Waals surface area (Å²) in [5.74, 6) is 0.242. The zero-order valence-corrected chi connectivity index (χ0v) is 13.2. The first-order valence-corrected chi connectivity index (χ1v) is 7.37. The fraction of sp³-hybridized carbons (Fsp3) is 0.375. The van der Waals surface area contributed by atoms with Crippen molar-refractivity contribution in [2.45, 2.75) is 25.9 Å². The summed E-state index contributed by atoms with van der Waals surface area (Å²) in [5.41, 5.74) is 1.81. The summed E-state index contributed by atoms with van der Waals surface area (Å²) in [5, 5.41) is 5.43. The molecule has 7 nitrogen and oxygen atoms in total. The molecule has 3 rings (SSSR count). The van der Waals surface area contributed by atoms with Crippen molar-refractivity contribution in [3.8, 4) is 11.5 Å². The molecule has 1 aliphatic heterocycles. The first-order chi connectivity index (χ1) is 11.1. The Morgan fingerprint density at radius 2 is 1.96 bits per heavy atom. The standard InChI is InChI=1S/C16H18N2O5/c1-4-5-9-12(15(19)18-17-9)13-8-6-7-10(21-2)14(22-3)11(8)16(20)23-13/h6-7,13H,4-5H2,1-3H3,(H2,17,18,19)/t13-/m0/s1. The highest BCUT2D eigenvalue weighted by Crippen LogP contribution is 2.44. The molecule has 0 amide bonds. The van der Waals surface area contributed by atoms with Crippen LogP contribution in [0.25, 0.3) is 0 Å². The van der Waals surface area contributed by atoms with Gasteiger partial charge in [0.25, 0.3) is 5.56 Å². The number of H-pyrrole nitrogens is 2. The number of fused-ring (bicyclic) bond motifs is 1. The average Bonchev–Trinajstić information content (AvgIpc) is 3.07. The number of esters is 1. The maximum atomic E-state index is 12.3. The summed E-state index contributed by atoms with van der Waals surface area (Å²) in [6, 6.07) is 3.43. The van der Waals surface area contributed by atoms with E-state index in [9.17, 15) is 9.59 Å². The number of carbonyl (C=O) groups excluding carboxylic acids is 1. The van der Waals surface area contributed by atoms with Crippen LogP contribution in [0.1, 0.15) is 46.6 Å². The van der Waals surface area contributed by atoms with Crippen molar-refractivity contribution in [3.05, 3.63) is 44.9 Å². The van der Waals surface area contributed by atoms with Crippen molar-refractivity contribution in [2.24, 2.45) is 0 Å². The van der Waals surface area contributed by atoms with Gasteiger partial charge in [-0.25, -0.2) is 4.79 Å². The largest absolute Gasteiger partial charge is 0.493 e. The topological polar surface area (TPSA) is 93.4 Å². The van der Waals surface area contributed by atoms with Crippen molar-refractivity contribution < 1.29 is 19.0 Å². The fourth-order valence-electron chi connectivity index (χ4n) is 2.94. The van der Waals surface area contributed by atoms with E-state index in [4.69, 9.17) is 14.2 Å². The van der Waals surface area contributed by atoms with E-state index in [0.717, 1.165) is 12.1 Å². The normalized spacial score (nSPS) is 16.1. The minimum Gasteiger partial charge on any atom is -0.493 e. The summed E-state index contributed by atoms with van der Waals surface area (Å²) >= 11 is 0. The van der Waals surface area contributed by atoms with Gasteiger partial charge in [-0.3, -0.25) is 9.89 Å². The highest BCUT2D eigenvalue weighted by molar-refractivity contribution is 5.98. The molecule has 0 radical (unpaired) electrons. The van der Waals surface area contributed by atoms with Gasteiger partial charge >= 0.3 is 5.97 Å². The molecular formula is C16H18N2O5. The minimum absolute atomic E-state index is 0.283. The molecule has 1 aromatic heterocycles. The van der Waals surface area contributed by atoms with Crippen LogP contribution in [-0.4, -0.2) is 30.4 Å². The first kappa shape index (κ1) is 15.2. The van der Waals surface area contributed by atoms with Gasteiger partial charge in [0.2, 0.25) is 0 Å². The van der Waals surface area contributed by atoms with Crippen LogP contribution >= 0.6 is 0 Å². The monoisotopic (exact) mass is 318 g/mol. The maximum Gasteiger partial charge on any atom is 0.343 e. The highest BCUT2D eigenvalue weighted by Gasteiger charge is 2.39. The predicted molar refractivity (Wildman–Crippen MR) is 82.2 cm³/mol. The van der Waals surface area contributed by atoms with E-state index >= 15 is 0 Å². The third-order valence-corrected chi connectivity index (χ3v) is 3.95. The van der Waals surface area contributed by atoms with Crippen LogP contribution in [0, 0.1) is 0 Å². The summed E-state index contributed by atoms with van der Waals surface area (Å²) in [6.07, 6.45) is 0.805. The number of aromatic amines is 2. The SMILES string of the molecule is CCCc1[nH][nH]c(=O)c1[C@H]1OC(=O)c2c1ccc(OC)c2OC. The number of hydrogen-bond acceptors (Lipinski definition) is 5. The number of aryl methyl sites for hydroxylation is 1. The Kier molecular flexibility index (Phi) is 3.85. The molecule has 0 spiro atoms. The molecule has 0 fully saturated rings. The number of nitrogens with one attached hydrogen (secondary N) is 2. The molecule has 0 saturated carbocycles. The molecule has 1 atom stereocenters. The van der Waals surface area contributed by atoms with Crippen LogP contribution in [0.4, 0.5) is 0 Å². The van der Waals surface area contributed by atoms with Crippen molar-refractivity contribution in [1.29, 1.82) is 0 Å². The van der Waals surface area contributed by atoms with E-state index in [1.165, 1.54) is 14.2 Å². The molecule has 2 N–H and O–H groups in total. The van der Waals surface area contributed by atoms with Crippen LogP contribution in [-0.2, 0) is 11.2 Å². The van der Waals surface area contributed by atoms with Crippen molar-refractivity contribution >= 4 is 5.97 Å². The lowest BCUT2D eigenvalue weighted by Gasteiger charge is -2.12. The third-order valence-electron chi connectivity index (χ3n) is 3.95. The van der Waals surface area contributed by atoms with Gasteiger partial charge in [0, 0.05) is 11.3 Å². The van der Waals surface area contributed by atoms with Crippen LogP contribution < -0.4 is 15.0 Å². The third kappa shape index (κ3) is 2.28. The van der Waals surface area contributed by atoms with E-state index in [1.54, 1.807) is 12.1 Å². The lowest BCUT2D eigenvalue weighted by atomic mass is 9.97. The number of ether oxygens (including phenoxy) is 3. The molecule has 2 aromatic rings. The Labute approximate surface area is 132 Å². The fourth-order valence-corrected chi connectivity index (χ4v) is 2.94. The van der Waals surface area contributed by atoms with Gasteiger partial charge in [-0.2, -0.15) is 0 Å². The smallest absolute Gasteiger partial charge is 0.343 e. The summed E-state index contributed by atoms with van der Waals surface area (Å²) in [7, 11) is 2.96. The van der Waals surface area contributed by atoms with E-state index < -0.39 is 12.1 Å². The number of benzene rings is 1. The molecule has 7 heteroatoms. The van der Waals surface area contributed by atoms with Gasteiger partial charge in [-0.1, -0.05) is 19.4 Å².